The molecule has 0 rings (SSSR count). The average Bonchev–Trinajstić information content (AvgIpc) is 2.22. The molecule has 17 heavy (non-hydrogen) atoms. The van der Waals surface area contributed by atoms with Crippen LogP contribution in [0.1, 0.15) is 53.4 Å². The summed E-state index contributed by atoms with van der Waals surface area (Å²) in [5.74, 6) is -1.24. The molecule has 0 aromatic rings. The van der Waals surface area contributed by atoms with Crippen LogP contribution in [0.2, 0.25) is 0 Å². The van der Waals surface area contributed by atoms with Crippen molar-refractivity contribution in [2.24, 2.45) is 5.73 Å². The van der Waals surface area contributed by atoms with E-state index in [0.29, 0.717) is 19.3 Å². The molecule has 0 spiro atoms. The van der Waals surface area contributed by atoms with Gasteiger partial charge in [-0.3, -0.25) is 4.79 Å². The standard InChI is InChI=1S/C12H24N2O3/c1-5-12(6-2,10(16)17)14-9(15)7-8-11(3,4)13/h5-8,13H2,1-4H3,(H,14,15)(H,16,17). The number of carbonyl (C=O) groups excluding carboxylic acids is 1. The molecule has 1 amide bonds. The second-order valence-electron chi connectivity index (χ2n) is 5.13. The summed E-state index contributed by atoms with van der Waals surface area (Å²) in [5.41, 5.74) is 4.22. The maximum absolute atomic E-state index is 11.7. The van der Waals surface area contributed by atoms with Crippen molar-refractivity contribution in [3.63, 3.8) is 0 Å². The third kappa shape index (κ3) is 5.17. The lowest BCUT2D eigenvalue weighted by molar-refractivity contribution is -0.148. The minimum atomic E-state index is -1.14. The van der Waals surface area contributed by atoms with Crippen molar-refractivity contribution < 1.29 is 14.7 Å². The maximum atomic E-state index is 11.7. The van der Waals surface area contributed by atoms with Crippen LogP contribution >= 0.6 is 0 Å². The van der Waals surface area contributed by atoms with Crippen LogP contribution in [0, 0.1) is 0 Å². The summed E-state index contributed by atoms with van der Waals surface area (Å²) in [7, 11) is 0. The van der Waals surface area contributed by atoms with Crippen molar-refractivity contribution in [3.8, 4) is 0 Å². The Morgan fingerprint density at radius 3 is 2.00 bits per heavy atom. The van der Waals surface area contributed by atoms with E-state index in [1.54, 1.807) is 13.8 Å². The Morgan fingerprint density at radius 2 is 1.71 bits per heavy atom. The fraction of sp³-hybridized carbons (Fsp3) is 0.833. The highest BCUT2D eigenvalue weighted by atomic mass is 16.4. The number of nitrogens with one attached hydrogen (secondary N) is 1. The molecular formula is C12H24N2O3. The Labute approximate surface area is 103 Å². The molecule has 5 nitrogen and oxygen atoms in total. The average molecular weight is 244 g/mol. The zero-order valence-corrected chi connectivity index (χ0v) is 11.2. The lowest BCUT2D eigenvalue weighted by atomic mass is 9.92. The first kappa shape index (κ1) is 15.9. The van der Waals surface area contributed by atoms with E-state index in [1.165, 1.54) is 0 Å². The SMILES string of the molecule is CCC(CC)(NC(=O)CCC(C)(C)N)C(=O)O. The molecule has 0 heterocycles. The number of hydrogen-bond acceptors (Lipinski definition) is 3. The van der Waals surface area contributed by atoms with Crippen molar-refractivity contribution in [2.45, 2.75) is 64.5 Å². The molecule has 0 aliphatic heterocycles. The molecule has 0 saturated carbocycles. The van der Waals surface area contributed by atoms with Crippen LogP contribution in [0.15, 0.2) is 0 Å². The van der Waals surface area contributed by atoms with Gasteiger partial charge in [0.25, 0.3) is 0 Å². The van der Waals surface area contributed by atoms with Crippen LogP contribution in [0.5, 0.6) is 0 Å². The molecular weight excluding hydrogens is 220 g/mol. The third-order valence-corrected chi connectivity index (χ3v) is 2.99. The predicted octanol–water partition coefficient (Wildman–Crippen LogP) is 1.26. The predicted molar refractivity (Wildman–Crippen MR) is 66.6 cm³/mol. The van der Waals surface area contributed by atoms with Crippen molar-refractivity contribution >= 4 is 11.9 Å². The van der Waals surface area contributed by atoms with Gasteiger partial charge in [0.1, 0.15) is 5.54 Å². The minimum Gasteiger partial charge on any atom is -0.480 e. The number of carboxylic acid groups (broad SMARTS) is 1. The van der Waals surface area contributed by atoms with Gasteiger partial charge in [0.2, 0.25) is 5.91 Å². The molecule has 0 bridgehead atoms. The lowest BCUT2D eigenvalue weighted by Crippen LogP contribution is -2.54. The first-order valence-corrected chi connectivity index (χ1v) is 6.00. The number of nitrogens with two attached hydrogens (primary N) is 1. The van der Waals surface area contributed by atoms with Crippen molar-refractivity contribution in [1.82, 2.24) is 5.32 Å². The third-order valence-electron chi connectivity index (χ3n) is 2.99. The van der Waals surface area contributed by atoms with Crippen LogP contribution in [0.4, 0.5) is 0 Å². The Kier molecular flexibility index (Phi) is 5.61. The van der Waals surface area contributed by atoms with Gasteiger partial charge in [0, 0.05) is 12.0 Å². The molecule has 5 heteroatoms. The summed E-state index contributed by atoms with van der Waals surface area (Å²) in [6.45, 7) is 7.18. The highest BCUT2D eigenvalue weighted by Crippen LogP contribution is 2.16. The Balaban J connectivity index is 4.48. The number of carboxylic acids is 1. The maximum Gasteiger partial charge on any atom is 0.329 e. The number of carbonyl (C=O) groups is 2. The monoisotopic (exact) mass is 244 g/mol. The van der Waals surface area contributed by atoms with Crippen molar-refractivity contribution in [2.75, 3.05) is 0 Å². The van der Waals surface area contributed by atoms with Gasteiger partial charge in [-0.1, -0.05) is 13.8 Å². The van der Waals surface area contributed by atoms with Gasteiger partial charge in [-0.25, -0.2) is 4.79 Å². The van der Waals surface area contributed by atoms with E-state index in [-0.39, 0.29) is 12.3 Å². The van der Waals surface area contributed by atoms with Crippen LogP contribution in [-0.2, 0) is 9.59 Å². The molecule has 100 valence electrons. The van der Waals surface area contributed by atoms with Crippen molar-refractivity contribution in [3.05, 3.63) is 0 Å². The van der Waals surface area contributed by atoms with E-state index in [2.05, 4.69) is 5.32 Å². The number of aliphatic carboxylic acids is 1. The van der Waals surface area contributed by atoms with Crippen LogP contribution in [0.3, 0.4) is 0 Å². The minimum absolute atomic E-state index is 0.249. The molecule has 0 atom stereocenters. The van der Waals surface area contributed by atoms with Gasteiger partial charge in [-0.2, -0.15) is 0 Å². The summed E-state index contributed by atoms with van der Waals surface area (Å²) < 4.78 is 0. The Morgan fingerprint density at radius 1 is 1.24 bits per heavy atom. The summed E-state index contributed by atoms with van der Waals surface area (Å²) in [4.78, 5) is 22.9. The molecule has 0 fully saturated rings. The molecule has 0 aliphatic rings. The molecule has 0 radical (unpaired) electrons. The lowest BCUT2D eigenvalue weighted by Gasteiger charge is -2.28. The van der Waals surface area contributed by atoms with E-state index in [1.807, 2.05) is 13.8 Å². The molecule has 4 N–H and O–H groups in total. The van der Waals surface area contributed by atoms with Gasteiger partial charge < -0.3 is 16.2 Å². The zero-order chi connectivity index (χ0) is 13.7. The van der Waals surface area contributed by atoms with Crippen molar-refractivity contribution in [1.29, 1.82) is 0 Å². The summed E-state index contributed by atoms with van der Waals surface area (Å²) in [5, 5.41) is 11.8. The number of rotatable bonds is 7. The molecule has 0 aliphatic carbocycles. The normalized spacial score (nSPS) is 12.3. The zero-order valence-electron chi connectivity index (χ0n) is 11.2. The van der Waals surface area contributed by atoms with E-state index >= 15 is 0 Å². The van der Waals surface area contributed by atoms with Crippen LogP contribution < -0.4 is 11.1 Å². The topological polar surface area (TPSA) is 92.4 Å². The smallest absolute Gasteiger partial charge is 0.329 e. The van der Waals surface area contributed by atoms with Crippen LogP contribution in [0.25, 0.3) is 0 Å². The van der Waals surface area contributed by atoms with Gasteiger partial charge in [0.15, 0.2) is 0 Å². The highest BCUT2D eigenvalue weighted by Gasteiger charge is 2.36. The van der Waals surface area contributed by atoms with E-state index < -0.39 is 17.0 Å². The number of amides is 1. The Bertz CT molecular complexity index is 278. The highest BCUT2D eigenvalue weighted by molar-refractivity contribution is 5.86. The second-order valence-corrected chi connectivity index (χ2v) is 5.13. The first-order valence-electron chi connectivity index (χ1n) is 6.00. The largest absolute Gasteiger partial charge is 0.480 e. The van der Waals surface area contributed by atoms with E-state index in [4.69, 9.17) is 10.8 Å². The molecule has 0 unspecified atom stereocenters. The molecule has 0 aromatic carbocycles. The van der Waals surface area contributed by atoms with Gasteiger partial charge in [-0.05, 0) is 33.1 Å². The molecule has 0 aromatic heterocycles. The summed E-state index contributed by atoms with van der Waals surface area (Å²) in [6.07, 6.45) is 1.52. The summed E-state index contributed by atoms with van der Waals surface area (Å²) >= 11 is 0. The van der Waals surface area contributed by atoms with Gasteiger partial charge >= 0.3 is 5.97 Å². The Hall–Kier alpha value is -1.10. The molecule has 0 saturated heterocycles. The van der Waals surface area contributed by atoms with Gasteiger partial charge in [0.05, 0.1) is 0 Å². The summed E-state index contributed by atoms with van der Waals surface area (Å²) in [6, 6.07) is 0. The van der Waals surface area contributed by atoms with Gasteiger partial charge in [-0.15, -0.1) is 0 Å². The van der Waals surface area contributed by atoms with E-state index in [0.717, 1.165) is 0 Å². The second kappa shape index (κ2) is 6.00. The fourth-order valence-corrected chi connectivity index (χ4v) is 1.55. The van der Waals surface area contributed by atoms with E-state index in [9.17, 15) is 9.59 Å². The van der Waals surface area contributed by atoms with Crippen LogP contribution in [-0.4, -0.2) is 28.1 Å². The number of hydrogen-bond donors (Lipinski definition) is 3. The first-order chi connectivity index (χ1) is 7.67. The fourth-order valence-electron chi connectivity index (χ4n) is 1.55. The quantitative estimate of drug-likeness (QED) is 0.628.